The predicted octanol–water partition coefficient (Wildman–Crippen LogP) is 1.58. The second-order valence-electron chi connectivity index (χ2n) is 6.12. The van der Waals surface area contributed by atoms with E-state index in [1.807, 2.05) is 0 Å². The summed E-state index contributed by atoms with van der Waals surface area (Å²) in [5.74, 6) is -0.694. The van der Waals surface area contributed by atoms with Crippen molar-refractivity contribution in [2.24, 2.45) is 0 Å². The number of rotatable bonds is 3. The van der Waals surface area contributed by atoms with Crippen LogP contribution in [0.25, 0.3) is 11.0 Å². The fraction of sp³-hybridized carbons (Fsp3) is 0.294. The third-order valence-electron chi connectivity index (χ3n) is 4.52. The molecule has 5 atom stereocenters. The van der Waals surface area contributed by atoms with Crippen molar-refractivity contribution in [3.63, 3.8) is 0 Å². The maximum absolute atomic E-state index is 13.7. The largest absolute Gasteiger partial charge is 0.387 e. The molecule has 0 unspecified atom stereocenters. The topological polar surface area (TPSA) is 101 Å². The minimum absolute atomic E-state index is 0.0785. The number of halogens is 2. The average Bonchev–Trinajstić information content (AvgIpc) is 3.19. The first kappa shape index (κ1) is 17.3. The van der Waals surface area contributed by atoms with Gasteiger partial charge in [-0.15, -0.1) is 0 Å². The monoisotopic (exact) mass is 379 g/mol. The normalized spacial score (nSPS) is 27.1. The molecule has 0 bridgehead atoms. The molecule has 0 amide bonds. The lowest BCUT2D eigenvalue weighted by molar-refractivity contribution is -0.0848. The van der Waals surface area contributed by atoms with Gasteiger partial charge in [0.25, 0.3) is 0 Å². The van der Waals surface area contributed by atoms with Crippen molar-refractivity contribution in [1.82, 2.24) is 14.5 Å². The molecule has 7 nitrogen and oxygen atoms in total. The van der Waals surface area contributed by atoms with E-state index in [2.05, 4.69) is 9.97 Å². The molecule has 1 saturated heterocycles. The Labute approximate surface area is 152 Å². The van der Waals surface area contributed by atoms with Gasteiger partial charge in [-0.25, -0.2) is 14.4 Å². The molecule has 1 fully saturated rings. The van der Waals surface area contributed by atoms with E-state index in [4.69, 9.17) is 16.3 Å². The van der Waals surface area contributed by atoms with Crippen LogP contribution in [0.1, 0.15) is 17.9 Å². The van der Waals surface area contributed by atoms with Crippen molar-refractivity contribution in [2.45, 2.75) is 30.6 Å². The molecule has 2 aromatic heterocycles. The number of ether oxygens (including phenoxy) is 1. The lowest BCUT2D eigenvalue weighted by Crippen LogP contribution is -2.34. The van der Waals surface area contributed by atoms with E-state index in [1.165, 1.54) is 18.5 Å². The van der Waals surface area contributed by atoms with Crippen LogP contribution in [0.3, 0.4) is 0 Å². The van der Waals surface area contributed by atoms with Gasteiger partial charge in [0.1, 0.15) is 42.2 Å². The number of hydrogen-bond donors (Lipinski definition) is 3. The Bertz CT molecular complexity index is 953. The number of fused-ring (bicyclic) bond motifs is 1. The molecule has 0 saturated carbocycles. The SMILES string of the molecule is O[C@@H]1[C@H](O)[C@@H]([C@H](O)c2ccc(Cl)c(F)c2)O[C@H]1n1ccc2cncnc21. The highest BCUT2D eigenvalue weighted by Crippen LogP contribution is 2.37. The lowest BCUT2D eigenvalue weighted by Gasteiger charge is -2.21. The Morgan fingerprint density at radius 3 is 2.81 bits per heavy atom. The molecule has 1 aliphatic heterocycles. The quantitative estimate of drug-likeness (QED) is 0.638. The van der Waals surface area contributed by atoms with Crippen LogP contribution in [0, 0.1) is 5.82 Å². The summed E-state index contributed by atoms with van der Waals surface area (Å²) in [4.78, 5) is 8.07. The van der Waals surface area contributed by atoms with Crippen LogP contribution in [0.4, 0.5) is 4.39 Å². The van der Waals surface area contributed by atoms with Gasteiger partial charge in [0.05, 0.1) is 5.02 Å². The molecule has 9 heteroatoms. The molecule has 0 radical (unpaired) electrons. The zero-order valence-corrected chi connectivity index (χ0v) is 14.0. The van der Waals surface area contributed by atoms with Gasteiger partial charge in [0.15, 0.2) is 6.23 Å². The van der Waals surface area contributed by atoms with Crippen molar-refractivity contribution in [3.05, 3.63) is 59.4 Å². The van der Waals surface area contributed by atoms with E-state index in [9.17, 15) is 19.7 Å². The molecule has 26 heavy (non-hydrogen) atoms. The Morgan fingerprint density at radius 2 is 2.04 bits per heavy atom. The Morgan fingerprint density at radius 1 is 1.23 bits per heavy atom. The Hall–Kier alpha value is -2.10. The van der Waals surface area contributed by atoms with Crippen LogP contribution in [0.15, 0.2) is 43.0 Å². The van der Waals surface area contributed by atoms with Crippen LogP contribution in [0.2, 0.25) is 5.02 Å². The van der Waals surface area contributed by atoms with Gasteiger partial charge < -0.3 is 24.6 Å². The Kier molecular flexibility index (Phi) is 4.37. The molecule has 0 spiro atoms. The maximum Gasteiger partial charge on any atom is 0.164 e. The first-order valence-electron chi connectivity index (χ1n) is 7.88. The molecule has 3 aromatic rings. The maximum atomic E-state index is 13.7. The second kappa shape index (κ2) is 6.57. The number of aromatic nitrogens is 3. The van der Waals surface area contributed by atoms with Gasteiger partial charge in [-0.3, -0.25) is 0 Å². The smallest absolute Gasteiger partial charge is 0.164 e. The molecular weight excluding hydrogens is 365 g/mol. The number of aliphatic hydroxyl groups excluding tert-OH is 3. The van der Waals surface area contributed by atoms with Crippen LogP contribution in [0.5, 0.6) is 0 Å². The summed E-state index contributed by atoms with van der Waals surface area (Å²) in [5.41, 5.74) is 0.701. The third-order valence-corrected chi connectivity index (χ3v) is 4.83. The number of hydrogen-bond acceptors (Lipinski definition) is 6. The average molecular weight is 380 g/mol. The van der Waals surface area contributed by atoms with Gasteiger partial charge in [-0.05, 0) is 23.8 Å². The standard InChI is InChI=1S/C17H15ClFN3O4/c18-10-2-1-8(5-11(10)19)12(23)15-13(24)14(25)17(26-15)22-4-3-9-6-20-7-21-16(9)22/h1-7,12-15,17,23-25H/t12-,13+,14-,15-,17-/m1/s1. The molecule has 1 aromatic carbocycles. The summed E-state index contributed by atoms with van der Waals surface area (Å²) in [6.07, 6.45) is -1.54. The van der Waals surface area contributed by atoms with E-state index >= 15 is 0 Å². The highest BCUT2D eigenvalue weighted by Gasteiger charge is 2.47. The fourth-order valence-corrected chi connectivity index (χ4v) is 3.28. The van der Waals surface area contributed by atoms with Crippen LogP contribution < -0.4 is 0 Å². The molecule has 3 heterocycles. The molecule has 136 valence electrons. The van der Waals surface area contributed by atoms with Crippen molar-refractivity contribution in [3.8, 4) is 0 Å². The van der Waals surface area contributed by atoms with Crippen molar-refractivity contribution in [1.29, 1.82) is 0 Å². The zero-order valence-electron chi connectivity index (χ0n) is 13.3. The first-order valence-corrected chi connectivity index (χ1v) is 8.26. The van der Waals surface area contributed by atoms with Crippen LogP contribution in [-0.2, 0) is 4.74 Å². The highest BCUT2D eigenvalue weighted by molar-refractivity contribution is 6.30. The summed E-state index contributed by atoms with van der Waals surface area (Å²) < 4.78 is 20.9. The summed E-state index contributed by atoms with van der Waals surface area (Å²) >= 11 is 5.65. The van der Waals surface area contributed by atoms with Gasteiger partial charge in [-0.2, -0.15) is 0 Å². The molecule has 1 aliphatic rings. The lowest BCUT2D eigenvalue weighted by atomic mass is 9.99. The molecule has 3 N–H and O–H groups in total. The highest BCUT2D eigenvalue weighted by atomic mass is 35.5. The molecule has 0 aliphatic carbocycles. The van der Waals surface area contributed by atoms with Crippen molar-refractivity contribution < 1.29 is 24.4 Å². The van der Waals surface area contributed by atoms with Gasteiger partial charge in [0.2, 0.25) is 0 Å². The molecular formula is C17H15ClFN3O4. The van der Waals surface area contributed by atoms with Gasteiger partial charge >= 0.3 is 0 Å². The minimum atomic E-state index is -1.38. The second-order valence-corrected chi connectivity index (χ2v) is 6.52. The van der Waals surface area contributed by atoms with Crippen LogP contribution >= 0.6 is 11.6 Å². The van der Waals surface area contributed by atoms with Gasteiger partial charge in [-0.1, -0.05) is 17.7 Å². The van der Waals surface area contributed by atoms with E-state index in [-0.39, 0.29) is 10.6 Å². The van der Waals surface area contributed by atoms with Gasteiger partial charge in [0, 0.05) is 17.8 Å². The summed E-state index contributed by atoms with van der Waals surface area (Å²) in [6, 6.07) is 5.56. The van der Waals surface area contributed by atoms with Crippen molar-refractivity contribution in [2.75, 3.05) is 0 Å². The number of aliphatic hydroxyl groups is 3. The van der Waals surface area contributed by atoms with E-state index in [0.29, 0.717) is 5.65 Å². The minimum Gasteiger partial charge on any atom is -0.387 e. The van der Waals surface area contributed by atoms with E-state index in [1.54, 1.807) is 23.0 Å². The molecule has 4 rings (SSSR count). The van der Waals surface area contributed by atoms with E-state index < -0.39 is 36.5 Å². The third kappa shape index (κ3) is 2.76. The van der Waals surface area contributed by atoms with Crippen molar-refractivity contribution >= 4 is 22.6 Å². The summed E-state index contributed by atoms with van der Waals surface area (Å²) in [5, 5.41) is 31.9. The summed E-state index contributed by atoms with van der Waals surface area (Å²) in [6.45, 7) is 0. The van der Waals surface area contributed by atoms with Crippen LogP contribution in [-0.4, -0.2) is 48.2 Å². The fourth-order valence-electron chi connectivity index (χ4n) is 3.17. The first-order chi connectivity index (χ1) is 12.5. The number of nitrogens with zero attached hydrogens (tertiary/aromatic N) is 3. The zero-order chi connectivity index (χ0) is 18.4. The van der Waals surface area contributed by atoms with E-state index in [0.717, 1.165) is 11.5 Å². The predicted molar refractivity (Wildman–Crippen MR) is 89.8 cm³/mol. The number of benzene rings is 1. The summed E-state index contributed by atoms with van der Waals surface area (Å²) in [7, 11) is 0. The Balaban J connectivity index is 1.64.